The van der Waals surface area contributed by atoms with Crippen LogP contribution in [0.15, 0.2) is 29.4 Å². The third-order valence-electron chi connectivity index (χ3n) is 4.12. The molecule has 0 aliphatic heterocycles. The SMILES string of the molecule is CCN(Cc1cnn(CC)c1)S(=O)(=O)c1cc(C)c(C)cc1OC. The molecule has 1 heterocycles. The van der Waals surface area contributed by atoms with E-state index >= 15 is 0 Å². The number of ether oxygens (including phenoxy) is 1. The summed E-state index contributed by atoms with van der Waals surface area (Å²) in [6, 6.07) is 3.45. The molecule has 0 unspecified atom stereocenters. The fourth-order valence-electron chi connectivity index (χ4n) is 2.49. The van der Waals surface area contributed by atoms with E-state index in [0.717, 1.165) is 23.2 Å². The van der Waals surface area contributed by atoms with E-state index in [-0.39, 0.29) is 11.4 Å². The zero-order chi connectivity index (χ0) is 17.9. The number of sulfonamides is 1. The minimum atomic E-state index is -3.66. The smallest absolute Gasteiger partial charge is 0.247 e. The highest BCUT2D eigenvalue weighted by Crippen LogP contribution is 2.30. The lowest BCUT2D eigenvalue weighted by Crippen LogP contribution is -2.30. The molecule has 0 bridgehead atoms. The summed E-state index contributed by atoms with van der Waals surface area (Å²) in [6.07, 6.45) is 3.58. The van der Waals surface area contributed by atoms with E-state index in [0.29, 0.717) is 12.3 Å². The molecule has 2 aromatic rings. The molecule has 6 nitrogen and oxygen atoms in total. The molecule has 0 amide bonds. The number of hydrogen-bond acceptors (Lipinski definition) is 4. The Kier molecular flexibility index (Phi) is 5.66. The van der Waals surface area contributed by atoms with Gasteiger partial charge in [-0.2, -0.15) is 9.40 Å². The summed E-state index contributed by atoms with van der Waals surface area (Å²) in [5.41, 5.74) is 2.78. The topological polar surface area (TPSA) is 64.4 Å². The first-order valence-corrected chi connectivity index (χ1v) is 9.44. The summed E-state index contributed by atoms with van der Waals surface area (Å²) in [5.74, 6) is 0.376. The Balaban J connectivity index is 2.41. The van der Waals surface area contributed by atoms with Crippen molar-refractivity contribution in [2.24, 2.45) is 0 Å². The van der Waals surface area contributed by atoms with Gasteiger partial charge in [-0.25, -0.2) is 8.42 Å². The van der Waals surface area contributed by atoms with Gasteiger partial charge in [-0.3, -0.25) is 4.68 Å². The first-order chi connectivity index (χ1) is 11.3. The molecule has 1 aromatic heterocycles. The summed E-state index contributed by atoms with van der Waals surface area (Å²) >= 11 is 0. The second-order valence-electron chi connectivity index (χ2n) is 5.72. The van der Waals surface area contributed by atoms with Gasteiger partial charge in [-0.15, -0.1) is 0 Å². The van der Waals surface area contributed by atoms with Crippen molar-refractivity contribution in [1.29, 1.82) is 0 Å². The fourth-order valence-corrected chi connectivity index (χ4v) is 4.15. The highest BCUT2D eigenvalue weighted by atomic mass is 32.2. The van der Waals surface area contributed by atoms with Gasteiger partial charge in [0.15, 0.2) is 0 Å². The molecule has 0 saturated heterocycles. The van der Waals surface area contributed by atoms with Gasteiger partial charge >= 0.3 is 0 Å². The van der Waals surface area contributed by atoms with E-state index in [4.69, 9.17) is 4.74 Å². The van der Waals surface area contributed by atoms with Gasteiger partial charge in [0.25, 0.3) is 0 Å². The standard InChI is InChI=1S/C17H25N3O3S/c1-6-19-11-15(10-18-19)12-20(7-2)24(21,22)17-9-14(4)13(3)8-16(17)23-5/h8-11H,6-7,12H2,1-5H3. The number of benzene rings is 1. The van der Waals surface area contributed by atoms with Crippen LogP contribution >= 0.6 is 0 Å². The monoisotopic (exact) mass is 351 g/mol. The minimum Gasteiger partial charge on any atom is -0.495 e. The zero-order valence-corrected chi connectivity index (χ0v) is 15.7. The zero-order valence-electron chi connectivity index (χ0n) is 14.9. The molecule has 0 saturated carbocycles. The number of aromatic nitrogens is 2. The molecule has 1 aromatic carbocycles. The Labute approximate surface area is 144 Å². The Hall–Kier alpha value is -1.86. The molecule has 0 aliphatic carbocycles. The van der Waals surface area contributed by atoms with Crippen molar-refractivity contribution >= 4 is 10.0 Å². The predicted octanol–water partition coefficient (Wildman–Crippen LogP) is 2.74. The van der Waals surface area contributed by atoms with Gasteiger partial charge in [0.1, 0.15) is 10.6 Å². The Morgan fingerprint density at radius 2 is 1.88 bits per heavy atom. The van der Waals surface area contributed by atoms with E-state index in [9.17, 15) is 8.42 Å². The average Bonchev–Trinajstić information content (AvgIpc) is 3.02. The number of aryl methyl sites for hydroxylation is 3. The van der Waals surface area contributed by atoms with Gasteiger partial charge < -0.3 is 4.74 Å². The molecule has 24 heavy (non-hydrogen) atoms. The highest BCUT2D eigenvalue weighted by Gasteiger charge is 2.27. The van der Waals surface area contributed by atoms with E-state index in [1.807, 2.05) is 33.9 Å². The van der Waals surface area contributed by atoms with Crippen LogP contribution in [-0.4, -0.2) is 36.2 Å². The van der Waals surface area contributed by atoms with Crippen LogP contribution in [0.25, 0.3) is 0 Å². The fraction of sp³-hybridized carbons (Fsp3) is 0.471. The summed E-state index contributed by atoms with van der Waals surface area (Å²) in [6.45, 7) is 9.06. The average molecular weight is 351 g/mol. The first-order valence-electron chi connectivity index (χ1n) is 8.00. The number of nitrogens with zero attached hydrogens (tertiary/aromatic N) is 3. The van der Waals surface area contributed by atoms with E-state index in [1.165, 1.54) is 11.4 Å². The largest absolute Gasteiger partial charge is 0.495 e. The van der Waals surface area contributed by atoms with Gasteiger partial charge in [0.2, 0.25) is 10.0 Å². The first kappa shape index (κ1) is 18.5. The number of methoxy groups -OCH3 is 1. The van der Waals surface area contributed by atoms with Crippen molar-refractivity contribution in [1.82, 2.24) is 14.1 Å². The van der Waals surface area contributed by atoms with Crippen LogP contribution < -0.4 is 4.74 Å². The third-order valence-corrected chi connectivity index (χ3v) is 6.06. The van der Waals surface area contributed by atoms with Crippen molar-refractivity contribution in [3.63, 3.8) is 0 Å². The van der Waals surface area contributed by atoms with E-state index in [1.54, 1.807) is 23.0 Å². The van der Waals surface area contributed by atoms with E-state index < -0.39 is 10.0 Å². The van der Waals surface area contributed by atoms with Gasteiger partial charge in [0.05, 0.1) is 13.3 Å². The van der Waals surface area contributed by atoms with Crippen LogP contribution in [0.2, 0.25) is 0 Å². The molecule has 0 spiro atoms. The van der Waals surface area contributed by atoms with Crippen LogP contribution in [0.4, 0.5) is 0 Å². The maximum Gasteiger partial charge on any atom is 0.247 e. The Bertz CT molecular complexity index is 812. The van der Waals surface area contributed by atoms with Crippen molar-refractivity contribution in [2.45, 2.75) is 45.7 Å². The lowest BCUT2D eigenvalue weighted by atomic mass is 10.1. The molecular weight excluding hydrogens is 326 g/mol. The highest BCUT2D eigenvalue weighted by molar-refractivity contribution is 7.89. The van der Waals surface area contributed by atoms with Crippen molar-refractivity contribution in [3.8, 4) is 5.75 Å². The molecule has 132 valence electrons. The molecule has 7 heteroatoms. The van der Waals surface area contributed by atoms with Gasteiger partial charge in [-0.1, -0.05) is 6.92 Å². The van der Waals surface area contributed by atoms with Crippen molar-refractivity contribution in [3.05, 3.63) is 41.2 Å². The van der Waals surface area contributed by atoms with Gasteiger partial charge in [0, 0.05) is 31.4 Å². The summed E-state index contributed by atoms with van der Waals surface area (Å²) in [4.78, 5) is 0.206. The second kappa shape index (κ2) is 7.36. The van der Waals surface area contributed by atoms with Crippen molar-refractivity contribution < 1.29 is 13.2 Å². The third kappa shape index (κ3) is 3.62. The Morgan fingerprint density at radius 1 is 1.21 bits per heavy atom. The summed E-state index contributed by atoms with van der Waals surface area (Å²) in [7, 11) is -2.17. The number of hydrogen-bond donors (Lipinski definition) is 0. The van der Waals surface area contributed by atoms with Crippen molar-refractivity contribution in [2.75, 3.05) is 13.7 Å². The molecule has 0 aliphatic rings. The minimum absolute atomic E-state index is 0.206. The van der Waals surface area contributed by atoms with Crippen LogP contribution in [0.1, 0.15) is 30.5 Å². The Morgan fingerprint density at radius 3 is 2.42 bits per heavy atom. The number of rotatable bonds is 7. The lowest BCUT2D eigenvalue weighted by molar-refractivity contribution is 0.390. The molecule has 0 atom stereocenters. The van der Waals surface area contributed by atoms with Crippen LogP contribution in [0.5, 0.6) is 5.75 Å². The molecule has 0 N–H and O–H groups in total. The predicted molar refractivity (Wildman–Crippen MR) is 93.6 cm³/mol. The molecule has 0 fully saturated rings. The van der Waals surface area contributed by atoms with Crippen LogP contribution in [0.3, 0.4) is 0 Å². The normalized spacial score (nSPS) is 11.9. The van der Waals surface area contributed by atoms with Crippen LogP contribution in [-0.2, 0) is 23.1 Å². The maximum atomic E-state index is 13.1. The molecule has 0 radical (unpaired) electrons. The lowest BCUT2D eigenvalue weighted by Gasteiger charge is -2.22. The maximum absolute atomic E-state index is 13.1. The second-order valence-corrected chi connectivity index (χ2v) is 7.63. The quantitative estimate of drug-likeness (QED) is 0.769. The summed E-state index contributed by atoms with van der Waals surface area (Å²) < 4.78 is 34.7. The summed E-state index contributed by atoms with van der Waals surface area (Å²) in [5, 5.41) is 4.21. The molecule has 2 rings (SSSR count). The van der Waals surface area contributed by atoms with Crippen LogP contribution in [0, 0.1) is 13.8 Å². The van der Waals surface area contributed by atoms with E-state index in [2.05, 4.69) is 5.10 Å². The molecular formula is C17H25N3O3S. The van der Waals surface area contributed by atoms with Gasteiger partial charge in [-0.05, 0) is 44.0 Å².